The summed E-state index contributed by atoms with van der Waals surface area (Å²) >= 11 is 0. The van der Waals surface area contributed by atoms with Crippen molar-refractivity contribution >= 4 is 5.69 Å². The molecule has 0 heterocycles. The Morgan fingerprint density at radius 2 is 1.74 bits per heavy atom. The summed E-state index contributed by atoms with van der Waals surface area (Å²) in [7, 11) is 0. The summed E-state index contributed by atoms with van der Waals surface area (Å²) in [5, 5.41) is 12.7. The van der Waals surface area contributed by atoms with Crippen molar-refractivity contribution in [3.63, 3.8) is 0 Å². The van der Waals surface area contributed by atoms with E-state index in [9.17, 15) is 5.26 Å². The van der Waals surface area contributed by atoms with Gasteiger partial charge in [0.15, 0.2) is 0 Å². The Kier molecular flexibility index (Phi) is 4.14. The molecule has 0 aromatic heterocycles. The maximum absolute atomic E-state index is 9.20. The zero-order valence-electron chi connectivity index (χ0n) is 12.2. The van der Waals surface area contributed by atoms with Crippen LogP contribution in [-0.2, 0) is 5.41 Å². The molecule has 2 atom stereocenters. The van der Waals surface area contributed by atoms with Crippen LogP contribution in [0.3, 0.4) is 0 Å². The molecule has 0 amide bonds. The first-order valence-electron chi connectivity index (χ1n) is 7.27. The molecule has 0 radical (unpaired) electrons. The molecular weight excluding hydrogens is 232 g/mol. The van der Waals surface area contributed by atoms with Gasteiger partial charge < -0.3 is 5.32 Å². The lowest BCUT2D eigenvalue weighted by molar-refractivity contribution is 0.389. The Morgan fingerprint density at radius 1 is 1.11 bits per heavy atom. The number of benzene rings is 1. The Hall–Kier alpha value is -1.49. The third kappa shape index (κ3) is 3.50. The van der Waals surface area contributed by atoms with E-state index in [1.807, 2.05) is 0 Å². The Labute approximate surface area is 116 Å². The molecule has 1 aliphatic rings. The smallest absolute Gasteiger partial charge is 0.0677 e. The second-order valence-electron chi connectivity index (χ2n) is 6.60. The van der Waals surface area contributed by atoms with Gasteiger partial charge in [-0.3, -0.25) is 0 Å². The van der Waals surface area contributed by atoms with E-state index in [1.165, 1.54) is 18.4 Å². The van der Waals surface area contributed by atoms with Crippen LogP contribution in [-0.4, -0.2) is 6.04 Å². The van der Waals surface area contributed by atoms with Crippen LogP contribution in [0.25, 0.3) is 0 Å². The van der Waals surface area contributed by atoms with E-state index in [2.05, 4.69) is 56.4 Å². The third-order valence-corrected chi connectivity index (χ3v) is 4.03. The highest BCUT2D eigenvalue weighted by Gasteiger charge is 2.24. The molecule has 0 bridgehead atoms. The van der Waals surface area contributed by atoms with Crippen LogP contribution in [0.1, 0.15) is 52.0 Å². The molecule has 2 rings (SSSR count). The number of hydrogen-bond donors (Lipinski definition) is 1. The molecular formula is C17H24N2. The number of anilines is 1. The number of nitrogens with one attached hydrogen (secondary N) is 1. The SMILES string of the molecule is CC(C)(C)c1ccc(NC2CCCCC2C#N)cc1. The topological polar surface area (TPSA) is 35.8 Å². The number of nitriles is 1. The summed E-state index contributed by atoms with van der Waals surface area (Å²) in [4.78, 5) is 0. The first kappa shape index (κ1) is 13.9. The van der Waals surface area contributed by atoms with Gasteiger partial charge in [-0.05, 0) is 36.0 Å². The standard InChI is InChI=1S/C17H24N2/c1-17(2,3)14-8-10-15(11-9-14)19-16-7-5-4-6-13(16)12-18/h8-11,13,16,19H,4-7H2,1-3H3. The van der Waals surface area contributed by atoms with Gasteiger partial charge in [-0.25, -0.2) is 0 Å². The third-order valence-electron chi connectivity index (χ3n) is 4.03. The predicted octanol–water partition coefficient (Wildman–Crippen LogP) is 4.48. The van der Waals surface area contributed by atoms with Crippen LogP contribution in [0.15, 0.2) is 24.3 Å². The average molecular weight is 256 g/mol. The van der Waals surface area contributed by atoms with Crippen molar-refractivity contribution < 1.29 is 0 Å². The van der Waals surface area contributed by atoms with E-state index < -0.39 is 0 Å². The second kappa shape index (κ2) is 5.65. The van der Waals surface area contributed by atoms with Gasteiger partial charge in [-0.2, -0.15) is 5.26 Å². The van der Waals surface area contributed by atoms with Crippen LogP contribution < -0.4 is 5.32 Å². The fraction of sp³-hybridized carbons (Fsp3) is 0.588. The lowest BCUT2D eigenvalue weighted by Crippen LogP contribution is -2.31. The Morgan fingerprint density at radius 3 is 2.32 bits per heavy atom. The zero-order chi connectivity index (χ0) is 13.9. The molecule has 1 N–H and O–H groups in total. The molecule has 0 aliphatic heterocycles. The fourth-order valence-corrected chi connectivity index (χ4v) is 2.74. The van der Waals surface area contributed by atoms with Crippen LogP contribution in [0.5, 0.6) is 0 Å². The first-order chi connectivity index (χ1) is 9.00. The minimum absolute atomic E-state index is 0.163. The first-order valence-corrected chi connectivity index (χ1v) is 7.27. The normalized spacial score (nSPS) is 23.7. The maximum Gasteiger partial charge on any atom is 0.0677 e. The van der Waals surface area contributed by atoms with E-state index >= 15 is 0 Å². The van der Waals surface area contributed by atoms with Gasteiger partial charge in [0.2, 0.25) is 0 Å². The predicted molar refractivity (Wildman–Crippen MR) is 80.1 cm³/mol. The van der Waals surface area contributed by atoms with Crippen molar-refractivity contribution in [1.82, 2.24) is 0 Å². The molecule has 19 heavy (non-hydrogen) atoms. The lowest BCUT2D eigenvalue weighted by Gasteiger charge is -2.28. The fourth-order valence-electron chi connectivity index (χ4n) is 2.74. The quantitative estimate of drug-likeness (QED) is 0.847. The molecule has 0 saturated heterocycles. The minimum atomic E-state index is 0.163. The van der Waals surface area contributed by atoms with Gasteiger partial charge in [0.05, 0.1) is 12.0 Å². The number of nitrogens with zero attached hydrogens (tertiary/aromatic N) is 1. The summed E-state index contributed by atoms with van der Waals surface area (Å²) in [6, 6.07) is 11.4. The van der Waals surface area contributed by atoms with Crippen molar-refractivity contribution in [1.29, 1.82) is 5.26 Å². The van der Waals surface area contributed by atoms with Gasteiger partial charge in [0.25, 0.3) is 0 Å². The summed E-state index contributed by atoms with van der Waals surface area (Å²) in [6.45, 7) is 6.67. The highest BCUT2D eigenvalue weighted by molar-refractivity contribution is 5.47. The van der Waals surface area contributed by atoms with E-state index in [0.29, 0.717) is 6.04 Å². The summed E-state index contributed by atoms with van der Waals surface area (Å²) in [5.74, 6) is 0.163. The summed E-state index contributed by atoms with van der Waals surface area (Å²) in [5.41, 5.74) is 2.68. The highest BCUT2D eigenvalue weighted by atomic mass is 14.9. The molecule has 1 aromatic carbocycles. The van der Waals surface area contributed by atoms with Crippen molar-refractivity contribution in [3.8, 4) is 6.07 Å². The van der Waals surface area contributed by atoms with Crippen molar-refractivity contribution in [2.75, 3.05) is 5.32 Å². The van der Waals surface area contributed by atoms with E-state index in [4.69, 9.17) is 0 Å². The molecule has 1 aromatic rings. The van der Waals surface area contributed by atoms with E-state index in [0.717, 1.165) is 18.5 Å². The van der Waals surface area contributed by atoms with Crippen LogP contribution >= 0.6 is 0 Å². The van der Waals surface area contributed by atoms with Crippen molar-refractivity contribution in [3.05, 3.63) is 29.8 Å². The van der Waals surface area contributed by atoms with E-state index in [-0.39, 0.29) is 11.3 Å². The molecule has 102 valence electrons. The Bertz CT molecular complexity index is 448. The van der Waals surface area contributed by atoms with Crippen molar-refractivity contribution in [2.24, 2.45) is 5.92 Å². The molecule has 2 heteroatoms. The average Bonchev–Trinajstić information content (AvgIpc) is 2.39. The molecule has 0 spiro atoms. The largest absolute Gasteiger partial charge is 0.381 e. The second-order valence-corrected chi connectivity index (χ2v) is 6.60. The number of rotatable bonds is 2. The number of hydrogen-bond acceptors (Lipinski definition) is 2. The van der Waals surface area contributed by atoms with Crippen LogP contribution in [0, 0.1) is 17.2 Å². The van der Waals surface area contributed by atoms with E-state index in [1.54, 1.807) is 0 Å². The van der Waals surface area contributed by atoms with Crippen LogP contribution in [0.4, 0.5) is 5.69 Å². The molecule has 2 nitrogen and oxygen atoms in total. The highest BCUT2D eigenvalue weighted by Crippen LogP contribution is 2.28. The maximum atomic E-state index is 9.20. The Balaban J connectivity index is 2.05. The zero-order valence-corrected chi connectivity index (χ0v) is 12.2. The van der Waals surface area contributed by atoms with Gasteiger partial charge >= 0.3 is 0 Å². The minimum Gasteiger partial charge on any atom is -0.381 e. The van der Waals surface area contributed by atoms with Crippen LogP contribution in [0.2, 0.25) is 0 Å². The van der Waals surface area contributed by atoms with Crippen molar-refractivity contribution in [2.45, 2.75) is 57.9 Å². The molecule has 1 fully saturated rings. The lowest BCUT2D eigenvalue weighted by atomic mass is 9.85. The molecule has 2 unspecified atom stereocenters. The monoisotopic (exact) mass is 256 g/mol. The summed E-state index contributed by atoms with van der Waals surface area (Å²) in [6.07, 6.45) is 4.57. The van der Waals surface area contributed by atoms with Gasteiger partial charge in [-0.15, -0.1) is 0 Å². The van der Waals surface area contributed by atoms with Gasteiger partial charge in [-0.1, -0.05) is 45.7 Å². The molecule has 1 aliphatic carbocycles. The van der Waals surface area contributed by atoms with Gasteiger partial charge in [0.1, 0.15) is 0 Å². The summed E-state index contributed by atoms with van der Waals surface area (Å²) < 4.78 is 0. The van der Waals surface area contributed by atoms with Gasteiger partial charge in [0, 0.05) is 11.7 Å². The molecule has 1 saturated carbocycles.